The zero-order chi connectivity index (χ0) is 16.8. The summed E-state index contributed by atoms with van der Waals surface area (Å²) in [4.78, 5) is 12.4. The summed E-state index contributed by atoms with van der Waals surface area (Å²) in [5, 5.41) is 2.84. The Balaban J connectivity index is 1.77. The molecule has 120 valence electrons. The average Bonchev–Trinajstić information content (AvgIpc) is 2.64. The van der Waals surface area contributed by atoms with Crippen molar-refractivity contribution in [3.8, 4) is 11.5 Å². The highest BCUT2D eigenvalue weighted by Gasteiger charge is 2.17. The van der Waals surface area contributed by atoms with Crippen LogP contribution in [0.2, 0.25) is 0 Å². The number of nitrogens with two attached hydrogens (primary N) is 1. The zero-order valence-corrected chi connectivity index (χ0v) is 13.1. The van der Waals surface area contributed by atoms with Gasteiger partial charge in [0.15, 0.2) is 5.75 Å². The Bertz CT molecular complexity index is 804. The van der Waals surface area contributed by atoms with Crippen LogP contribution in [0.3, 0.4) is 0 Å². The molecule has 1 atom stereocenters. The van der Waals surface area contributed by atoms with Crippen molar-refractivity contribution >= 4 is 11.6 Å². The summed E-state index contributed by atoms with van der Waals surface area (Å²) < 4.78 is 5.84. The van der Waals surface area contributed by atoms with Gasteiger partial charge in [-0.1, -0.05) is 60.7 Å². The minimum atomic E-state index is -0.740. The second-order valence-electron chi connectivity index (χ2n) is 5.29. The number of rotatable bonds is 5. The molecule has 3 rings (SSSR count). The molecule has 0 saturated heterocycles. The van der Waals surface area contributed by atoms with E-state index >= 15 is 0 Å². The van der Waals surface area contributed by atoms with Gasteiger partial charge in [-0.3, -0.25) is 4.79 Å². The molecule has 0 aliphatic rings. The molecule has 3 aromatic rings. The van der Waals surface area contributed by atoms with Crippen LogP contribution in [0.1, 0.15) is 11.6 Å². The first-order valence-electron chi connectivity index (χ1n) is 7.67. The van der Waals surface area contributed by atoms with Gasteiger partial charge in [0.25, 0.3) is 0 Å². The standard InChI is InChI=1S/C20H18N2O2/c21-19(15-9-3-1-4-10-15)20(23)22-17-13-7-8-14-18(17)24-16-11-5-2-6-12-16/h1-14,19H,21H2,(H,22,23)/t19-/m0/s1. The van der Waals surface area contributed by atoms with E-state index in [1.54, 1.807) is 12.1 Å². The van der Waals surface area contributed by atoms with Crippen molar-refractivity contribution < 1.29 is 9.53 Å². The number of para-hydroxylation sites is 3. The number of carbonyl (C=O) groups is 1. The van der Waals surface area contributed by atoms with Crippen molar-refractivity contribution in [1.29, 1.82) is 0 Å². The van der Waals surface area contributed by atoms with Crippen molar-refractivity contribution in [2.75, 3.05) is 5.32 Å². The van der Waals surface area contributed by atoms with Crippen LogP contribution in [-0.4, -0.2) is 5.91 Å². The van der Waals surface area contributed by atoms with Gasteiger partial charge in [0.05, 0.1) is 5.69 Å². The van der Waals surface area contributed by atoms with Gasteiger partial charge in [-0.05, 0) is 29.8 Å². The van der Waals surface area contributed by atoms with Crippen LogP contribution in [0, 0.1) is 0 Å². The lowest BCUT2D eigenvalue weighted by molar-refractivity contribution is -0.117. The molecule has 0 aliphatic carbocycles. The number of ether oxygens (including phenoxy) is 1. The Morgan fingerprint density at radius 2 is 1.42 bits per heavy atom. The predicted octanol–water partition coefficient (Wildman–Crippen LogP) is 4.12. The first-order valence-corrected chi connectivity index (χ1v) is 7.67. The summed E-state index contributed by atoms with van der Waals surface area (Å²) in [6.45, 7) is 0. The van der Waals surface area contributed by atoms with Crippen LogP contribution in [0.15, 0.2) is 84.9 Å². The van der Waals surface area contributed by atoms with E-state index in [9.17, 15) is 4.79 Å². The van der Waals surface area contributed by atoms with Crippen molar-refractivity contribution in [2.24, 2.45) is 5.73 Å². The first-order chi connectivity index (χ1) is 11.7. The Kier molecular flexibility index (Phi) is 4.89. The number of hydrogen-bond donors (Lipinski definition) is 2. The fraction of sp³-hybridized carbons (Fsp3) is 0.0500. The van der Waals surface area contributed by atoms with Gasteiger partial charge in [-0.2, -0.15) is 0 Å². The van der Waals surface area contributed by atoms with E-state index in [0.717, 1.165) is 5.56 Å². The van der Waals surface area contributed by atoms with E-state index in [2.05, 4.69) is 5.32 Å². The van der Waals surface area contributed by atoms with Crippen LogP contribution in [0.25, 0.3) is 0 Å². The Hall–Kier alpha value is -3.11. The van der Waals surface area contributed by atoms with E-state index in [-0.39, 0.29) is 5.91 Å². The lowest BCUT2D eigenvalue weighted by Gasteiger charge is -2.15. The minimum absolute atomic E-state index is 0.287. The molecule has 4 heteroatoms. The molecule has 0 aliphatic heterocycles. The summed E-state index contributed by atoms with van der Waals surface area (Å²) in [5.41, 5.74) is 7.38. The largest absolute Gasteiger partial charge is 0.455 e. The van der Waals surface area contributed by atoms with Gasteiger partial charge < -0.3 is 15.8 Å². The minimum Gasteiger partial charge on any atom is -0.455 e. The van der Waals surface area contributed by atoms with Gasteiger partial charge in [-0.15, -0.1) is 0 Å². The Morgan fingerprint density at radius 3 is 2.12 bits per heavy atom. The van der Waals surface area contributed by atoms with Gasteiger partial charge in [0.1, 0.15) is 11.8 Å². The predicted molar refractivity (Wildman–Crippen MR) is 95.0 cm³/mol. The molecule has 3 N–H and O–H groups in total. The number of benzene rings is 3. The SMILES string of the molecule is N[C@H](C(=O)Nc1ccccc1Oc1ccccc1)c1ccccc1. The van der Waals surface area contributed by atoms with Crippen molar-refractivity contribution in [1.82, 2.24) is 0 Å². The van der Waals surface area contributed by atoms with Crippen LogP contribution < -0.4 is 15.8 Å². The monoisotopic (exact) mass is 318 g/mol. The van der Waals surface area contributed by atoms with Crippen LogP contribution in [0.5, 0.6) is 11.5 Å². The zero-order valence-electron chi connectivity index (χ0n) is 13.1. The lowest BCUT2D eigenvalue weighted by atomic mass is 10.1. The molecule has 0 aromatic heterocycles. The molecular weight excluding hydrogens is 300 g/mol. The third-order valence-corrected chi connectivity index (χ3v) is 3.56. The van der Waals surface area contributed by atoms with E-state index in [4.69, 9.17) is 10.5 Å². The fourth-order valence-electron chi connectivity index (χ4n) is 2.30. The first kappa shape index (κ1) is 15.8. The van der Waals surface area contributed by atoms with Crippen LogP contribution >= 0.6 is 0 Å². The fourth-order valence-corrected chi connectivity index (χ4v) is 2.30. The maximum atomic E-state index is 12.4. The van der Waals surface area contributed by atoms with E-state index in [1.165, 1.54) is 0 Å². The average molecular weight is 318 g/mol. The molecule has 3 aromatic carbocycles. The van der Waals surface area contributed by atoms with Gasteiger partial charge in [0, 0.05) is 0 Å². The third kappa shape index (κ3) is 3.80. The molecule has 0 heterocycles. The van der Waals surface area contributed by atoms with E-state index in [1.807, 2.05) is 72.8 Å². The quantitative estimate of drug-likeness (QED) is 0.744. The van der Waals surface area contributed by atoms with Crippen LogP contribution in [-0.2, 0) is 4.79 Å². The molecule has 24 heavy (non-hydrogen) atoms. The van der Waals surface area contributed by atoms with Gasteiger partial charge in [0.2, 0.25) is 5.91 Å². The second-order valence-corrected chi connectivity index (χ2v) is 5.29. The van der Waals surface area contributed by atoms with Crippen molar-refractivity contribution in [3.05, 3.63) is 90.5 Å². The van der Waals surface area contributed by atoms with Crippen LogP contribution in [0.4, 0.5) is 5.69 Å². The molecule has 0 unspecified atom stereocenters. The van der Waals surface area contributed by atoms with E-state index in [0.29, 0.717) is 17.2 Å². The highest BCUT2D eigenvalue weighted by Crippen LogP contribution is 2.29. The molecule has 0 bridgehead atoms. The normalized spacial score (nSPS) is 11.5. The van der Waals surface area contributed by atoms with Crippen molar-refractivity contribution in [3.63, 3.8) is 0 Å². The topological polar surface area (TPSA) is 64.4 Å². The summed E-state index contributed by atoms with van der Waals surface area (Å²) in [6.07, 6.45) is 0. The lowest BCUT2D eigenvalue weighted by Crippen LogP contribution is -2.27. The maximum absolute atomic E-state index is 12.4. The maximum Gasteiger partial charge on any atom is 0.245 e. The molecular formula is C20H18N2O2. The third-order valence-electron chi connectivity index (χ3n) is 3.56. The number of carbonyl (C=O) groups excluding carboxylic acids is 1. The second kappa shape index (κ2) is 7.44. The molecule has 0 fully saturated rings. The summed E-state index contributed by atoms with van der Waals surface area (Å²) in [5.74, 6) is 0.981. The number of anilines is 1. The Labute approximate surface area is 140 Å². The van der Waals surface area contributed by atoms with Crippen molar-refractivity contribution in [2.45, 2.75) is 6.04 Å². The summed E-state index contributed by atoms with van der Waals surface area (Å²) >= 11 is 0. The van der Waals surface area contributed by atoms with Gasteiger partial charge in [-0.25, -0.2) is 0 Å². The molecule has 1 amide bonds. The molecule has 0 spiro atoms. The Morgan fingerprint density at radius 1 is 0.833 bits per heavy atom. The number of hydrogen-bond acceptors (Lipinski definition) is 3. The van der Waals surface area contributed by atoms with E-state index < -0.39 is 6.04 Å². The summed E-state index contributed by atoms with van der Waals surface area (Å²) in [7, 11) is 0. The smallest absolute Gasteiger partial charge is 0.245 e. The summed E-state index contributed by atoms with van der Waals surface area (Å²) in [6, 6.07) is 25.2. The highest BCUT2D eigenvalue weighted by atomic mass is 16.5. The number of amides is 1. The molecule has 4 nitrogen and oxygen atoms in total. The highest BCUT2D eigenvalue weighted by molar-refractivity contribution is 5.96. The number of nitrogens with one attached hydrogen (secondary N) is 1. The molecule has 0 saturated carbocycles. The van der Waals surface area contributed by atoms with Gasteiger partial charge >= 0.3 is 0 Å². The molecule has 0 radical (unpaired) electrons.